The van der Waals surface area contributed by atoms with Gasteiger partial charge in [0.1, 0.15) is 0 Å². The van der Waals surface area contributed by atoms with Crippen molar-refractivity contribution in [1.82, 2.24) is 0 Å². The van der Waals surface area contributed by atoms with Crippen molar-refractivity contribution in [2.75, 3.05) is 0 Å². The molecule has 2 atom stereocenters. The van der Waals surface area contributed by atoms with E-state index in [1.165, 1.54) is 0 Å². The van der Waals surface area contributed by atoms with E-state index >= 15 is 0 Å². The lowest BCUT2D eigenvalue weighted by Gasteiger charge is -2.21. The van der Waals surface area contributed by atoms with Gasteiger partial charge in [0.05, 0.1) is 12.3 Å². The van der Waals surface area contributed by atoms with Crippen LogP contribution < -0.4 is 5.73 Å². The van der Waals surface area contributed by atoms with Crippen molar-refractivity contribution in [3.05, 3.63) is 0 Å². The molecule has 0 heterocycles. The van der Waals surface area contributed by atoms with Gasteiger partial charge in [-0.2, -0.15) is 13.2 Å². The summed E-state index contributed by atoms with van der Waals surface area (Å²) in [5, 5.41) is 8.37. The van der Waals surface area contributed by atoms with Crippen LogP contribution in [0, 0.1) is 11.8 Å². The van der Waals surface area contributed by atoms with Crippen LogP contribution >= 0.6 is 0 Å². The molecule has 3 nitrogen and oxygen atoms in total. The van der Waals surface area contributed by atoms with Crippen molar-refractivity contribution in [2.24, 2.45) is 17.6 Å². The average molecular weight is 225 g/mol. The lowest BCUT2D eigenvalue weighted by molar-refractivity contribution is -0.185. The first-order valence-electron chi connectivity index (χ1n) is 4.84. The van der Waals surface area contributed by atoms with E-state index in [2.05, 4.69) is 0 Å². The molecule has 0 unspecified atom stereocenters. The molecular weight excluding hydrogens is 211 g/mol. The van der Waals surface area contributed by atoms with Crippen LogP contribution in [-0.2, 0) is 4.79 Å². The van der Waals surface area contributed by atoms with E-state index in [9.17, 15) is 18.0 Å². The summed E-state index contributed by atoms with van der Waals surface area (Å²) in [7, 11) is 0. The highest BCUT2D eigenvalue weighted by Crippen LogP contribution is 2.38. The van der Waals surface area contributed by atoms with Crippen molar-refractivity contribution < 1.29 is 23.1 Å². The molecule has 1 aliphatic carbocycles. The Morgan fingerprint density at radius 1 is 1.47 bits per heavy atom. The highest BCUT2D eigenvalue weighted by molar-refractivity contribution is 5.67. The van der Waals surface area contributed by atoms with Crippen molar-refractivity contribution in [3.8, 4) is 0 Å². The lowest BCUT2D eigenvalue weighted by atomic mass is 9.94. The maximum absolute atomic E-state index is 12.4. The quantitative estimate of drug-likeness (QED) is 0.749. The van der Waals surface area contributed by atoms with Gasteiger partial charge in [-0.15, -0.1) is 0 Å². The first-order valence-corrected chi connectivity index (χ1v) is 4.84. The molecule has 0 saturated heterocycles. The molecule has 1 aliphatic rings. The normalized spacial score (nSPS) is 21.1. The van der Waals surface area contributed by atoms with Crippen LogP contribution in [-0.4, -0.2) is 23.3 Å². The fraction of sp³-hybridized carbons (Fsp3) is 0.889. The highest BCUT2D eigenvalue weighted by atomic mass is 19.4. The molecule has 88 valence electrons. The molecule has 0 aromatic rings. The van der Waals surface area contributed by atoms with E-state index in [1.807, 2.05) is 0 Å². The van der Waals surface area contributed by atoms with E-state index in [1.54, 1.807) is 0 Å². The minimum absolute atomic E-state index is 0.156. The smallest absolute Gasteiger partial charge is 0.392 e. The summed E-state index contributed by atoms with van der Waals surface area (Å²) < 4.78 is 37.2. The predicted molar refractivity (Wildman–Crippen MR) is 47.1 cm³/mol. The molecule has 0 spiro atoms. The van der Waals surface area contributed by atoms with E-state index < -0.39 is 30.5 Å². The van der Waals surface area contributed by atoms with Gasteiger partial charge in [-0.25, -0.2) is 0 Å². The Bertz CT molecular complexity index is 238. The Morgan fingerprint density at radius 3 is 2.33 bits per heavy atom. The fourth-order valence-corrected chi connectivity index (χ4v) is 1.59. The van der Waals surface area contributed by atoms with Gasteiger partial charge < -0.3 is 10.8 Å². The molecule has 0 amide bonds. The maximum atomic E-state index is 12.4. The Hall–Kier alpha value is -0.780. The van der Waals surface area contributed by atoms with Gasteiger partial charge in [-0.1, -0.05) is 0 Å². The predicted octanol–water partition coefficient (Wildman–Crippen LogP) is 1.77. The van der Waals surface area contributed by atoms with Crippen LogP contribution in [0.2, 0.25) is 0 Å². The Morgan fingerprint density at radius 2 is 2.00 bits per heavy atom. The number of hydrogen-bond acceptors (Lipinski definition) is 2. The first-order chi connectivity index (χ1) is 6.80. The minimum Gasteiger partial charge on any atom is -0.481 e. The van der Waals surface area contributed by atoms with Crippen molar-refractivity contribution in [2.45, 2.75) is 37.9 Å². The Labute approximate surface area is 85.4 Å². The molecule has 15 heavy (non-hydrogen) atoms. The van der Waals surface area contributed by atoms with Crippen LogP contribution in [0.4, 0.5) is 13.2 Å². The largest absolute Gasteiger partial charge is 0.481 e. The number of nitrogens with two attached hydrogens (primary N) is 1. The number of rotatable bonds is 5. The fourth-order valence-electron chi connectivity index (χ4n) is 1.59. The average Bonchev–Trinajstić information content (AvgIpc) is 2.81. The van der Waals surface area contributed by atoms with Gasteiger partial charge in [0.15, 0.2) is 0 Å². The molecule has 1 rings (SSSR count). The molecule has 1 saturated carbocycles. The van der Waals surface area contributed by atoms with Gasteiger partial charge in [0.2, 0.25) is 0 Å². The van der Waals surface area contributed by atoms with E-state index in [-0.39, 0.29) is 12.3 Å². The summed E-state index contributed by atoms with van der Waals surface area (Å²) >= 11 is 0. The maximum Gasteiger partial charge on any atom is 0.392 e. The van der Waals surface area contributed by atoms with Crippen LogP contribution in [0.25, 0.3) is 0 Å². The lowest BCUT2D eigenvalue weighted by Crippen LogP contribution is -2.34. The molecule has 0 radical (unpaired) electrons. The van der Waals surface area contributed by atoms with Crippen LogP contribution in [0.1, 0.15) is 25.7 Å². The second kappa shape index (κ2) is 4.38. The number of hydrogen-bond donors (Lipinski definition) is 2. The Kier molecular flexibility index (Phi) is 3.59. The summed E-state index contributed by atoms with van der Waals surface area (Å²) in [6, 6.07) is -0.518. The summed E-state index contributed by atoms with van der Waals surface area (Å²) in [5.74, 6) is -3.09. The third kappa shape index (κ3) is 4.07. The van der Waals surface area contributed by atoms with Crippen molar-refractivity contribution >= 4 is 5.97 Å². The Balaban J connectivity index is 2.51. The molecule has 0 aliphatic heterocycles. The molecule has 0 aromatic carbocycles. The first kappa shape index (κ1) is 12.3. The second-order valence-corrected chi connectivity index (χ2v) is 4.07. The molecule has 3 N–H and O–H groups in total. The molecule has 1 fully saturated rings. The highest BCUT2D eigenvalue weighted by Gasteiger charge is 2.43. The van der Waals surface area contributed by atoms with Crippen LogP contribution in [0.3, 0.4) is 0 Å². The third-order valence-corrected chi connectivity index (χ3v) is 2.67. The summed E-state index contributed by atoms with van der Waals surface area (Å²) in [6.45, 7) is 0. The molecule has 0 aromatic heterocycles. The van der Waals surface area contributed by atoms with Crippen molar-refractivity contribution in [3.63, 3.8) is 0 Å². The summed E-state index contributed by atoms with van der Waals surface area (Å²) in [5.41, 5.74) is 5.56. The van der Waals surface area contributed by atoms with Gasteiger partial charge in [0, 0.05) is 6.04 Å². The van der Waals surface area contributed by atoms with E-state index in [4.69, 9.17) is 10.8 Å². The number of carbonyl (C=O) groups is 1. The molecule has 0 bridgehead atoms. The van der Waals surface area contributed by atoms with Gasteiger partial charge in [-0.3, -0.25) is 4.79 Å². The number of carboxylic acids is 1. The summed E-state index contributed by atoms with van der Waals surface area (Å²) in [4.78, 5) is 10.3. The van der Waals surface area contributed by atoms with Crippen LogP contribution in [0.5, 0.6) is 0 Å². The number of aliphatic carboxylic acids is 1. The molecular formula is C9H14F3NO2. The zero-order valence-electron chi connectivity index (χ0n) is 8.13. The zero-order chi connectivity index (χ0) is 11.6. The van der Waals surface area contributed by atoms with Gasteiger partial charge in [0.25, 0.3) is 0 Å². The zero-order valence-corrected chi connectivity index (χ0v) is 8.13. The van der Waals surface area contributed by atoms with Crippen LogP contribution in [0.15, 0.2) is 0 Å². The van der Waals surface area contributed by atoms with Crippen molar-refractivity contribution in [1.29, 1.82) is 0 Å². The standard InChI is InChI=1S/C9H14F3NO2/c10-9(11,12)6(4-8(14)15)3-7(13)5-1-2-5/h5-7H,1-4,13H2,(H,14,15)/t6-,7-/m0/s1. The van der Waals surface area contributed by atoms with Gasteiger partial charge >= 0.3 is 12.1 Å². The SMILES string of the molecule is N[C@@H](C[C@@H](CC(=O)O)C(F)(F)F)C1CC1. The van der Waals surface area contributed by atoms with Gasteiger partial charge in [-0.05, 0) is 25.2 Å². The minimum atomic E-state index is -4.47. The number of alkyl halides is 3. The summed E-state index contributed by atoms with van der Waals surface area (Å²) in [6.07, 6.45) is -3.91. The monoisotopic (exact) mass is 225 g/mol. The molecule has 6 heteroatoms. The second-order valence-electron chi connectivity index (χ2n) is 4.07. The third-order valence-electron chi connectivity index (χ3n) is 2.67. The topological polar surface area (TPSA) is 63.3 Å². The van der Waals surface area contributed by atoms with E-state index in [0.717, 1.165) is 12.8 Å². The number of halogens is 3. The number of carboxylic acid groups (broad SMARTS) is 1. The van der Waals surface area contributed by atoms with E-state index in [0.29, 0.717) is 0 Å².